The van der Waals surface area contributed by atoms with Crippen molar-refractivity contribution in [3.05, 3.63) is 35.7 Å². The minimum atomic E-state index is 0.710. The molecule has 0 bridgehead atoms. The Kier molecular flexibility index (Phi) is 6.31. The average molecular weight is 344 g/mol. The second-order valence-corrected chi connectivity index (χ2v) is 6.32. The highest BCUT2D eigenvalue weighted by atomic mass is 32.1. The number of nitrogens with zero attached hydrogens (tertiary/aromatic N) is 4. The van der Waals surface area contributed by atoms with E-state index in [1.807, 2.05) is 44.5 Å². The van der Waals surface area contributed by atoms with Crippen molar-refractivity contribution in [2.75, 3.05) is 37.4 Å². The monoisotopic (exact) mass is 344 g/mol. The van der Waals surface area contributed by atoms with Crippen LogP contribution in [0, 0.1) is 0 Å². The van der Waals surface area contributed by atoms with E-state index in [0.717, 1.165) is 41.0 Å². The van der Waals surface area contributed by atoms with Crippen molar-refractivity contribution in [3.8, 4) is 11.4 Å². The molecule has 7 heteroatoms. The van der Waals surface area contributed by atoms with Crippen LogP contribution in [0.3, 0.4) is 0 Å². The summed E-state index contributed by atoms with van der Waals surface area (Å²) in [6.07, 6.45) is 0. The molecule has 2 heterocycles. The molecule has 2 N–H and O–H groups in total. The molecule has 0 fully saturated rings. The van der Waals surface area contributed by atoms with Gasteiger partial charge in [0.05, 0.1) is 5.69 Å². The van der Waals surface area contributed by atoms with Gasteiger partial charge in [-0.15, -0.1) is 11.3 Å². The molecule has 0 aliphatic carbocycles. The molecular formula is C17H24N6S. The first kappa shape index (κ1) is 17.9. The Morgan fingerprint density at radius 1 is 1.33 bits per heavy atom. The van der Waals surface area contributed by atoms with Gasteiger partial charge >= 0.3 is 0 Å². The maximum Gasteiger partial charge on any atom is 0.197 e. The lowest BCUT2D eigenvalue weighted by molar-refractivity contribution is 0.954. The van der Waals surface area contributed by atoms with Crippen molar-refractivity contribution >= 4 is 28.2 Å². The molecule has 0 atom stereocenters. The fourth-order valence-corrected chi connectivity index (χ4v) is 2.86. The van der Waals surface area contributed by atoms with E-state index in [2.05, 4.69) is 32.1 Å². The van der Waals surface area contributed by atoms with E-state index in [0.29, 0.717) is 5.96 Å². The van der Waals surface area contributed by atoms with Crippen LogP contribution in [0.15, 0.2) is 40.7 Å². The fraction of sp³-hybridized carbons (Fsp3) is 0.353. The number of likely N-dealkylation sites (N-methyl/N-ethyl adjacent to an activating group) is 1. The summed E-state index contributed by atoms with van der Waals surface area (Å²) < 4.78 is 0. The van der Waals surface area contributed by atoms with E-state index in [1.165, 1.54) is 11.3 Å². The Morgan fingerprint density at radius 3 is 2.79 bits per heavy atom. The third-order valence-corrected chi connectivity index (χ3v) is 3.95. The van der Waals surface area contributed by atoms with Gasteiger partial charge in [-0.1, -0.05) is 18.2 Å². The molecule has 0 saturated heterocycles. The predicted molar refractivity (Wildman–Crippen MR) is 104 cm³/mol. The lowest BCUT2D eigenvalue weighted by Gasteiger charge is -2.18. The molecule has 0 spiro atoms. The van der Waals surface area contributed by atoms with Crippen molar-refractivity contribution in [1.29, 1.82) is 0 Å². The molecule has 0 aliphatic heterocycles. The number of anilines is 2. The van der Waals surface area contributed by atoms with Gasteiger partial charge in [0.1, 0.15) is 11.5 Å². The minimum Gasteiger partial charge on any atom is -0.356 e. The van der Waals surface area contributed by atoms with Crippen LogP contribution in [-0.4, -0.2) is 43.1 Å². The Labute approximate surface area is 147 Å². The number of pyridine rings is 1. The van der Waals surface area contributed by atoms with Crippen molar-refractivity contribution in [1.82, 2.24) is 15.3 Å². The second kappa shape index (κ2) is 8.44. The molecule has 128 valence electrons. The first-order chi connectivity index (χ1) is 11.5. The van der Waals surface area contributed by atoms with Gasteiger partial charge in [0.2, 0.25) is 0 Å². The lowest BCUT2D eigenvalue weighted by Crippen LogP contribution is -2.30. The van der Waals surface area contributed by atoms with Crippen LogP contribution in [0.2, 0.25) is 0 Å². The predicted octanol–water partition coefficient (Wildman–Crippen LogP) is 3.22. The third kappa shape index (κ3) is 4.79. The van der Waals surface area contributed by atoms with Crippen LogP contribution >= 0.6 is 11.3 Å². The third-order valence-electron chi connectivity index (χ3n) is 3.19. The van der Waals surface area contributed by atoms with Crippen LogP contribution in [0.1, 0.15) is 13.8 Å². The van der Waals surface area contributed by atoms with Crippen LogP contribution in [0.5, 0.6) is 0 Å². The Hall–Kier alpha value is -2.41. The molecule has 0 aliphatic rings. The number of thiazole rings is 1. The summed E-state index contributed by atoms with van der Waals surface area (Å²) in [4.78, 5) is 15.5. The molecule has 0 amide bonds. The molecule has 0 radical (unpaired) electrons. The lowest BCUT2D eigenvalue weighted by atomic mass is 10.2. The van der Waals surface area contributed by atoms with Gasteiger partial charge < -0.3 is 15.5 Å². The molecule has 2 aromatic rings. The zero-order valence-corrected chi connectivity index (χ0v) is 15.4. The van der Waals surface area contributed by atoms with Crippen molar-refractivity contribution in [2.24, 2.45) is 4.99 Å². The van der Waals surface area contributed by atoms with Crippen LogP contribution in [-0.2, 0) is 0 Å². The number of nitrogens with one attached hydrogen (secondary N) is 2. The zero-order valence-electron chi connectivity index (χ0n) is 14.6. The van der Waals surface area contributed by atoms with Gasteiger partial charge in [-0.25, -0.2) is 9.97 Å². The van der Waals surface area contributed by atoms with Crippen molar-refractivity contribution in [2.45, 2.75) is 13.8 Å². The minimum absolute atomic E-state index is 0.710. The van der Waals surface area contributed by atoms with E-state index in [9.17, 15) is 0 Å². The number of aliphatic imine (C=N–C) groups is 1. The van der Waals surface area contributed by atoms with Crippen LogP contribution < -0.4 is 15.5 Å². The van der Waals surface area contributed by atoms with E-state index < -0.39 is 0 Å². The maximum absolute atomic E-state index is 4.70. The number of hydrogen-bond acceptors (Lipinski definition) is 5. The SMILES string of the molecule is C=C(C)CN(C)c1cccc(-c2csc(NC(=NC)NCC)n2)n1. The largest absolute Gasteiger partial charge is 0.356 e. The van der Waals surface area contributed by atoms with Gasteiger partial charge in [0, 0.05) is 32.6 Å². The molecule has 0 saturated carbocycles. The Bertz CT molecular complexity index is 721. The van der Waals surface area contributed by atoms with Gasteiger partial charge in [-0.3, -0.25) is 4.99 Å². The molecule has 0 unspecified atom stereocenters. The number of hydrogen-bond donors (Lipinski definition) is 2. The maximum atomic E-state index is 4.70. The van der Waals surface area contributed by atoms with Crippen LogP contribution in [0.4, 0.5) is 10.9 Å². The zero-order chi connectivity index (χ0) is 17.5. The quantitative estimate of drug-likeness (QED) is 0.478. The standard InChI is InChI=1S/C17H24N6S/c1-6-19-16(18-4)22-17-21-14(11-24-17)13-8-7-9-15(20-13)23(5)10-12(2)3/h7-9,11H,2,6,10H2,1,3-5H3,(H2,18,19,21,22). The van der Waals surface area contributed by atoms with Gasteiger partial charge in [0.25, 0.3) is 0 Å². The smallest absolute Gasteiger partial charge is 0.197 e. The number of guanidine groups is 1. The van der Waals surface area contributed by atoms with Crippen LogP contribution in [0.25, 0.3) is 11.4 Å². The summed E-state index contributed by atoms with van der Waals surface area (Å²) in [7, 11) is 3.75. The van der Waals surface area contributed by atoms with E-state index >= 15 is 0 Å². The summed E-state index contributed by atoms with van der Waals surface area (Å²) in [5, 5.41) is 9.11. The summed E-state index contributed by atoms with van der Waals surface area (Å²) in [6, 6.07) is 5.96. The van der Waals surface area contributed by atoms with E-state index in [4.69, 9.17) is 4.98 Å². The molecule has 2 aromatic heterocycles. The summed E-state index contributed by atoms with van der Waals surface area (Å²) in [6.45, 7) is 9.56. The normalized spacial score (nSPS) is 11.2. The van der Waals surface area contributed by atoms with Crippen molar-refractivity contribution in [3.63, 3.8) is 0 Å². The second-order valence-electron chi connectivity index (χ2n) is 5.46. The molecule has 6 nitrogen and oxygen atoms in total. The fourth-order valence-electron chi connectivity index (χ4n) is 2.16. The highest BCUT2D eigenvalue weighted by Crippen LogP contribution is 2.25. The highest BCUT2D eigenvalue weighted by Gasteiger charge is 2.09. The summed E-state index contributed by atoms with van der Waals surface area (Å²) >= 11 is 1.53. The topological polar surface area (TPSA) is 65.4 Å². The molecule has 2 rings (SSSR count). The van der Waals surface area contributed by atoms with E-state index in [1.54, 1.807) is 7.05 Å². The van der Waals surface area contributed by atoms with Crippen molar-refractivity contribution < 1.29 is 0 Å². The number of aromatic nitrogens is 2. The molecule has 0 aromatic carbocycles. The van der Waals surface area contributed by atoms with Gasteiger partial charge in [-0.05, 0) is 26.0 Å². The Morgan fingerprint density at radius 2 is 2.12 bits per heavy atom. The first-order valence-corrected chi connectivity index (χ1v) is 8.67. The van der Waals surface area contributed by atoms with Gasteiger partial charge in [-0.2, -0.15) is 0 Å². The molecular weight excluding hydrogens is 320 g/mol. The number of rotatable bonds is 6. The Balaban J connectivity index is 2.16. The average Bonchev–Trinajstić information content (AvgIpc) is 3.02. The summed E-state index contributed by atoms with van der Waals surface area (Å²) in [5.41, 5.74) is 2.79. The summed E-state index contributed by atoms with van der Waals surface area (Å²) in [5.74, 6) is 1.61. The first-order valence-electron chi connectivity index (χ1n) is 7.79. The van der Waals surface area contributed by atoms with Gasteiger partial charge in [0.15, 0.2) is 11.1 Å². The molecule has 24 heavy (non-hydrogen) atoms. The van der Waals surface area contributed by atoms with E-state index in [-0.39, 0.29) is 0 Å². The highest BCUT2D eigenvalue weighted by molar-refractivity contribution is 7.14.